The summed E-state index contributed by atoms with van der Waals surface area (Å²) >= 11 is 0. The van der Waals surface area contributed by atoms with Crippen LogP contribution in [0.2, 0.25) is 0 Å². The lowest BCUT2D eigenvalue weighted by Gasteiger charge is -2.16. The fourth-order valence-corrected chi connectivity index (χ4v) is 4.22. The molecule has 0 aromatic heterocycles. The molecule has 2 rings (SSSR count). The largest absolute Gasteiger partial charge is 0.491 e. The number of hydrogen-bond acceptors (Lipinski definition) is 5. The second-order valence-corrected chi connectivity index (χ2v) is 8.31. The third kappa shape index (κ3) is 5.79. The Morgan fingerprint density at radius 2 is 2.08 bits per heavy atom. The number of hydrogen-bond donors (Lipinski definition) is 2. The molecule has 0 bridgehead atoms. The first-order chi connectivity index (χ1) is 12.1. The van der Waals surface area contributed by atoms with Gasteiger partial charge in [-0.1, -0.05) is 6.92 Å². The molecular weight excluding hydrogens is 373 g/mol. The van der Waals surface area contributed by atoms with Crippen molar-refractivity contribution in [2.45, 2.75) is 32.0 Å². The molecule has 0 saturated carbocycles. The van der Waals surface area contributed by atoms with Crippen molar-refractivity contribution in [2.75, 3.05) is 30.0 Å². The van der Waals surface area contributed by atoms with Crippen LogP contribution in [0.1, 0.15) is 25.3 Å². The number of benzene rings is 1. The Labute approximate surface area is 150 Å². The summed E-state index contributed by atoms with van der Waals surface area (Å²) in [6, 6.07) is 2.55. The van der Waals surface area contributed by atoms with Gasteiger partial charge in [0.2, 0.25) is 5.91 Å². The number of carbonyl (C=O) groups excluding carboxylic acids is 1. The molecule has 1 amide bonds. The average Bonchev–Trinajstić information content (AvgIpc) is 2.89. The zero-order valence-corrected chi connectivity index (χ0v) is 15.0. The van der Waals surface area contributed by atoms with Crippen LogP contribution < -0.4 is 15.4 Å². The van der Waals surface area contributed by atoms with E-state index in [1.807, 2.05) is 6.92 Å². The molecule has 1 saturated heterocycles. The average molecular weight is 394 g/mol. The van der Waals surface area contributed by atoms with E-state index in [0.29, 0.717) is 19.4 Å². The predicted octanol–water partition coefficient (Wildman–Crippen LogP) is 2.21. The maximum absolute atomic E-state index is 12.9. The molecule has 1 aliphatic rings. The van der Waals surface area contributed by atoms with Crippen LogP contribution in [0.5, 0.6) is 5.75 Å². The number of nitrogens with one attached hydrogen (secondary N) is 2. The number of ether oxygens (including phenoxy) is 1. The Balaban J connectivity index is 2.02. The molecule has 2 N–H and O–H groups in total. The summed E-state index contributed by atoms with van der Waals surface area (Å²) in [5, 5.41) is 5.21. The summed E-state index contributed by atoms with van der Waals surface area (Å²) in [4.78, 5) is 12.0. The molecular formula is C16H21F3N2O4S. The minimum atomic E-state index is -4.51. The fraction of sp³-hybridized carbons (Fsp3) is 0.562. The molecule has 1 heterocycles. The lowest BCUT2D eigenvalue weighted by Crippen LogP contribution is -2.39. The minimum Gasteiger partial charge on any atom is -0.491 e. The van der Waals surface area contributed by atoms with Crippen molar-refractivity contribution in [3.8, 4) is 5.75 Å². The molecule has 0 radical (unpaired) electrons. The van der Waals surface area contributed by atoms with E-state index in [0.717, 1.165) is 12.1 Å². The fourth-order valence-electron chi connectivity index (χ4n) is 2.55. The van der Waals surface area contributed by atoms with Crippen molar-refractivity contribution >= 4 is 21.4 Å². The van der Waals surface area contributed by atoms with E-state index >= 15 is 0 Å². The maximum atomic E-state index is 12.9. The molecule has 1 atom stereocenters. The highest BCUT2D eigenvalue weighted by atomic mass is 32.2. The number of sulfone groups is 1. The summed E-state index contributed by atoms with van der Waals surface area (Å²) in [5.41, 5.74) is -0.798. The van der Waals surface area contributed by atoms with Gasteiger partial charge in [0.25, 0.3) is 0 Å². The number of rotatable bonds is 7. The van der Waals surface area contributed by atoms with Gasteiger partial charge in [0.15, 0.2) is 9.84 Å². The molecule has 10 heteroatoms. The topological polar surface area (TPSA) is 84.5 Å². The Morgan fingerprint density at radius 3 is 2.65 bits per heavy atom. The van der Waals surface area contributed by atoms with Gasteiger partial charge in [-0.25, -0.2) is 8.42 Å². The third-order valence-electron chi connectivity index (χ3n) is 3.81. The van der Waals surface area contributed by atoms with E-state index in [2.05, 4.69) is 10.6 Å². The normalized spacial score (nSPS) is 19.2. The maximum Gasteiger partial charge on any atom is 0.416 e. The Kier molecular flexibility index (Phi) is 6.38. The molecule has 1 aromatic carbocycles. The van der Waals surface area contributed by atoms with Crippen LogP contribution in [0, 0.1) is 0 Å². The van der Waals surface area contributed by atoms with Crippen LogP contribution in [0.15, 0.2) is 18.2 Å². The molecule has 26 heavy (non-hydrogen) atoms. The van der Waals surface area contributed by atoms with Gasteiger partial charge in [-0.15, -0.1) is 0 Å². The van der Waals surface area contributed by atoms with Crippen molar-refractivity contribution < 1.29 is 31.1 Å². The van der Waals surface area contributed by atoms with Crippen LogP contribution in [-0.4, -0.2) is 45.0 Å². The summed E-state index contributed by atoms with van der Waals surface area (Å²) in [6.45, 7) is 1.90. The third-order valence-corrected chi connectivity index (χ3v) is 5.57. The van der Waals surface area contributed by atoms with Gasteiger partial charge in [-0.2, -0.15) is 13.2 Å². The number of carbonyl (C=O) groups is 1. The summed E-state index contributed by atoms with van der Waals surface area (Å²) in [7, 11) is -3.13. The van der Waals surface area contributed by atoms with Gasteiger partial charge in [0.05, 0.1) is 35.9 Å². The first kappa shape index (κ1) is 20.3. The van der Waals surface area contributed by atoms with Gasteiger partial charge in [-0.05, 0) is 31.0 Å². The first-order valence-electron chi connectivity index (χ1n) is 8.18. The van der Waals surface area contributed by atoms with Crippen LogP contribution in [-0.2, 0) is 20.8 Å². The van der Waals surface area contributed by atoms with Crippen LogP contribution in [0.25, 0.3) is 0 Å². The van der Waals surface area contributed by atoms with E-state index in [4.69, 9.17) is 4.74 Å². The van der Waals surface area contributed by atoms with Gasteiger partial charge < -0.3 is 15.4 Å². The molecule has 1 aromatic rings. The summed E-state index contributed by atoms with van der Waals surface area (Å²) < 4.78 is 66.8. The Hall–Kier alpha value is -1.97. The Bertz CT molecular complexity index is 750. The SMILES string of the molecule is CCCOc1ccc(C(F)(F)F)cc1NCC(=O)NC1CCS(=O)(=O)C1. The number of amides is 1. The highest BCUT2D eigenvalue weighted by molar-refractivity contribution is 7.91. The highest BCUT2D eigenvalue weighted by Gasteiger charge is 2.31. The molecule has 0 aliphatic carbocycles. The summed E-state index contributed by atoms with van der Waals surface area (Å²) in [5.74, 6) is -0.372. The second kappa shape index (κ2) is 8.15. The first-order valence-corrected chi connectivity index (χ1v) is 10.0. The predicted molar refractivity (Wildman–Crippen MR) is 90.9 cm³/mol. The van der Waals surface area contributed by atoms with Crippen molar-refractivity contribution in [3.05, 3.63) is 23.8 Å². The van der Waals surface area contributed by atoms with E-state index in [-0.39, 0.29) is 29.5 Å². The molecule has 1 unspecified atom stereocenters. The zero-order valence-electron chi connectivity index (χ0n) is 14.2. The van der Waals surface area contributed by atoms with E-state index in [9.17, 15) is 26.4 Å². The van der Waals surface area contributed by atoms with Crippen molar-refractivity contribution in [3.63, 3.8) is 0 Å². The van der Waals surface area contributed by atoms with Gasteiger partial charge in [0.1, 0.15) is 5.75 Å². The van der Waals surface area contributed by atoms with Gasteiger partial charge >= 0.3 is 6.18 Å². The van der Waals surface area contributed by atoms with Crippen molar-refractivity contribution in [2.24, 2.45) is 0 Å². The molecule has 1 fully saturated rings. The van der Waals surface area contributed by atoms with Gasteiger partial charge in [-0.3, -0.25) is 4.79 Å². The van der Waals surface area contributed by atoms with E-state index < -0.39 is 33.5 Å². The number of anilines is 1. The smallest absolute Gasteiger partial charge is 0.416 e. The second-order valence-electron chi connectivity index (χ2n) is 6.08. The van der Waals surface area contributed by atoms with Crippen LogP contribution >= 0.6 is 0 Å². The molecule has 6 nitrogen and oxygen atoms in total. The standard InChI is InChI=1S/C16H21F3N2O4S/c1-2-6-25-14-4-3-11(16(17,18)19)8-13(14)20-9-15(22)21-12-5-7-26(23,24)10-12/h3-4,8,12,20H,2,5-7,9-10H2,1H3,(H,21,22). The molecule has 0 spiro atoms. The molecule has 1 aliphatic heterocycles. The minimum absolute atomic E-state index is 0.0218. The van der Waals surface area contributed by atoms with Crippen LogP contribution in [0.4, 0.5) is 18.9 Å². The van der Waals surface area contributed by atoms with E-state index in [1.54, 1.807) is 0 Å². The monoisotopic (exact) mass is 394 g/mol. The number of alkyl halides is 3. The molecule has 146 valence electrons. The summed E-state index contributed by atoms with van der Waals surface area (Å²) in [6.07, 6.45) is -3.50. The Morgan fingerprint density at radius 1 is 1.35 bits per heavy atom. The van der Waals surface area contributed by atoms with Crippen molar-refractivity contribution in [1.82, 2.24) is 5.32 Å². The van der Waals surface area contributed by atoms with Crippen LogP contribution in [0.3, 0.4) is 0 Å². The lowest BCUT2D eigenvalue weighted by atomic mass is 10.1. The zero-order chi connectivity index (χ0) is 19.4. The van der Waals surface area contributed by atoms with E-state index in [1.165, 1.54) is 6.07 Å². The lowest BCUT2D eigenvalue weighted by molar-refractivity contribution is -0.137. The highest BCUT2D eigenvalue weighted by Crippen LogP contribution is 2.35. The van der Waals surface area contributed by atoms with Crippen molar-refractivity contribution in [1.29, 1.82) is 0 Å². The van der Waals surface area contributed by atoms with Gasteiger partial charge in [0, 0.05) is 6.04 Å². The number of halogens is 3. The quantitative estimate of drug-likeness (QED) is 0.741.